The number of ether oxygens (including phenoxy) is 7. The van der Waals surface area contributed by atoms with Crippen molar-refractivity contribution in [3.8, 4) is 0 Å². The van der Waals surface area contributed by atoms with E-state index in [0.29, 0.717) is 48.3 Å². The fourth-order valence-corrected chi connectivity index (χ4v) is 13.9. The van der Waals surface area contributed by atoms with Crippen LogP contribution in [0.25, 0.3) is 0 Å². The Kier molecular flexibility index (Phi) is 12.2. The SMILES string of the molecule is CC1CCC2(NC1)OC1CC3C4CC=C5CC(OC6OC(CO)C(O)C(OC7OCC(O)C(O)C7O)C6OC6OC(C)C(O)C(O)C6O)CCC5(C)C4CCC3(C)C1C2C. The Morgan fingerprint density at radius 3 is 2.25 bits per heavy atom. The highest BCUT2D eigenvalue weighted by Gasteiger charge is 2.68. The normalized spacial score (nSPS) is 57.9. The van der Waals surface area contributed by atoms with Crippen molar-refractivity contribution >= 4 is 0 Å². The molecule has 5 heterocycles. The lowest BCUT2D eigenvalue weighted by Gasteiger charge is -2.59. The largest absolute Gasteiger partial charge is 0.394 e. The second-order valence-corrected chi connectivity index (χ2v) is 20.8. The summed E-state index contributed by atoms with van der Waals surface area (Å²) >= 11 is 0. The molecule has 0 aromatic rings. The van der Waals surface area contributed by atoms with Gasteiger partial charge >= 0.3 is 0 Å². The van der Waals surface area contributed by atoms with Crippen molar-refractivity contribution in [3.63, 3.8) is 0 Å². The third-order valence-electron chi connectivity index (χ3n) is 17.5. The summed E-state index contributed by atoms with van der Waals surface area (Å²) < 4.78 is 43.7. The fourth-order valence-electron chi connectivity index (χ4n) is 13.9. The van der Waals surface area contributed by atoms with Crippen molar-refractivity contribution in [1.29, 1.82) is 0 Å². The number of hydrogen-bond donors (Lipinski definition) is 9. The van der Waals surface area contributed by atoms with E-state index >= 15 is 0 Å². The van der Waals surface area contributed by atoms with Gasteiger partial charge in [-0.1, -0.05) is 39.3 Å². The van der Waals surface area contributed by atoms with Crippen LogP contribution in [0.4, 0.5) is 0 Å². The van der Waals surface area contributed by atoms with Gasteiger partial charge < -0.3 is 74.0 Å². The van der Waals surface area contributed by atoms with Crippen molar-refractivity contribution in [2.75, 3.05) is 19.8 Å². The minimum Gasteiger partial charge on any atom is -0.394 e. The first-order valence-electron chi connectivity index (χ1n) is 22.9. The summed E-state index contributed by atoms with van der Waals surface area (Å²) in [5.74, 6) is 3.41. The van der Waals surface area contributed by atoms with E-state index in [1.807, 2.05) is 0 Å². The minimum atomic E-state index is -1.71. The zero-order valence-corrected chi connectivity index (χ0v) is 35.7. The van der Waals surface area contributed by atoms with E-state index in [1.165, 1.54) is 31.8 Å². The average molecular weight is 854 g/mol. The standard InChI is InChI=1S/C44H71NO15/c1-19-8-13-44(45-16-19)20(2)30-28(60-44)15-26-24-7-6-22-14-23(9-11-42(22,4)25(24)10-12-43(26,30)5)56-41-38(59-40-36(53)34(51)31(48)21(3)55-40)37(33(50)29(17-46)57-41)58-39-35(52)32(49)27(47)18-54-39/h6,19-21,23-41,45-53H,7-18H2,1-5H3. The second-order valence-electron chi connectivity index (χ2n) is 20.8. The lowest BCUT2D eigenvalue weighted by molar-refractivity contribution is -0.390. The Morgan fingerprint density at radius 1 is 0.767 bits per heavy atom. The summed E-state index contributed by atoms with van der Waals surface area (Å²) in [6.07, 6.45) is -9.06. The van der Waals surface area contributed by atoms with Gasteiger partial charge in [-0.15, -0.1) is 0 Å². The molecule has 3 saturated carbocycles. The minimum absolute atomic E-state index is 0.0115. The van der Waals surface area contributed by atoms with E-state index in [2.05, 4.69) is 39.1 Å². The highest BCUT2D eigenvalue weighted by molar-refractivity contribution is 5.26. The molecule has 0 amide bonds. The van der Waals surface area contributed by atoms with Crippen LogP contribution in [0.1, 0.15) is 92.4 Å². The molecule has 0 aromatic carbocycles. The van der Waals surface area contributed by atoms with Gasteiger partial charge in [-0.2, -0.15) is 0 Å². The number of aliphatic hydroxyl groups is 8. The average Bonchev–Trinajstić information content (AvgIpc) is 3.68. The predicted octanol–water partition coefficient (Wildman–Crippen LogP) is 0.426. The van der Waals surface area contributed by atoms with E-state index in [9.17, 15) is 40.9 Å². The van der Waals surface area contributed by atoms with Crippen molar-refractivity contribution in [1.82, 2.24) is 5.32 Å². The third-order valence-corrected chi connectivity index (χ3v) is 17.5. The molecule has 0 bridgehead atoms. The topological polar surface area (TPSA) is 238 Å². The number of hydrogen-bond acceptors (Lipinski definition) is 16. The molecule has 60 heavy (non-hydrogen) atoms. The molecular formula is C44H71NO15. The molecule has 25 atom stereocenters. The fraction of sp³-hybridized carbons (Fsp3) is 0.955. The Balaban J connectivity index is 0.932. The van der Waals surface area contributed by atoms with E-state index in [0.717, 1.165) is 32.2 Å². The molecule has 5 saturated heterocycles. The maximum Gasteiger partial charge on any atom is 0.187 e. The zero-order valence-electron chi connectivity index (χ0n) is 35.7. The van der Waals surface area contributed by atoms with Gasteiger partial charge in [0.25, 0.3) is 0 Å². The van der Waals surface area contributed by atoms with Gasteiger partial charge in [-0.25, -0.2) is 0 Å². The van der Waals surface area contributed by atoms with Crippen LogP contribution in [0.2, 0.25) is 0 Å². The van der Waals surface area contributed by atoms with E-state index < -0.39 is 92.6 Å². The Morgan fingerprint density at radius 2 is 1.52 bits per heavy atom. The number of fused-ring (bicyclic) bond motifs is 7. The second kappa shape index (κ2) is 16.5. The number of allylic oxidation sites excluding steroid dienone is 1. The lowest BCUT2D eigenvalue weighted by atomic mass is 9.47. The molecule has 5 aliphatic heterocycles. The summed E-state index contributed by atoms with van der Waals surface area (Å²) in [5.41, 5.74) is 1.39. The predicted molar refractivity (Wildman–Crippen MR) is 210 cm³/mol. The summed E-state index contributed by atoms with van der Waals surface area (Å²) in [4.78, 5) is 0. The number of nitrogens with one attached hydrogen (secondary N) is 1. The first kappa shape index (κ1) is 44.3. The quantitative estimate of drug-likeness (QED) is 0.158. The van der Waals surface area contributed by atoms with E-state index in [4.69, 9.17) is 33.2 Å². The van der Waals surface area contributed by atoms with Crippen LogP contribution in [-0.2, 0) is 33.2 Å². The number of piperidine rings is 1. The van der Waals surface area contributed by atoms with Crippen LogP contribution >= 0.6 is 0 Å². The molecule has 4 aliphatic carbocycles. The first-order valence-corrected chi connectivity index (χ1v) is 22.9. The van der Waals surface area contributed by atoms with E-state index in [1.54, 1.807) is 0 Å². The van der Waals surface area contributed by atoms with Crippen LogP contribution in [0.15, 0.2) is 11.6 Å². The van der Waals surface area contributed by atoms with Gasteiger partial charge in [0, 0.05) is 12.5 Å². The van der Waals surface area contributed by atoms with Crippen LogP contribution in [0, 0.1) is 46.3 Å². The van der Waals surface area contributed by atoms with E-state index in [-0.39, 0.29) is 35.4 Å². The van der Waals surface area contributed by atoms with Crippen molar-refractivity contribution in [2.45, 2.75) is 196 Å². The Bertz CT molecular complexity index is 1560. The molecule has 9 rings (SSSR count). The van der Waals surface area contributed by atoms with Crippen molar-refractivity contribution in [3.05, 3.63) is 11.6 Å². The molecule has 16 nitrogen and oxygen atoms in total. The molecule has 9 aliphatic rings. The molecular weight excluding hydrogens is 782 g/mol. The van der Waals surface area contributed by atoms with Gasteiger partial charge in [0.2, 0.25) is 0 Å². The highest BCUT2D eigenvalue weighted by atomic mass is 16.8. The van der Waals surface area contributed by atoms with Crippen LogP contribution < -0.4 is 5.32 Å². The maximum absolute atomic E-state index is 11.5. The summed E-state index contributed by atoms with van der Waals surface area (Å²) in [6.45, 7) is 11.3. The zero-order chi connectivity index (χ0) is 42.6. The molecule has 25 unspecified atom stereocenters. The molecule has 0 aromatic heterocycles. The molecule has 9 N–H and O–H groups in total. The molecule has 342 valence electrons. The first-order chi connectivity index (χ1) is 28.5. The Hall–Kier alpha value is -0.900. The summed E-state index contributed by atoms with van der Waals surface area (Å²) in [5, 5.41) is 89.0. The van der Waals surface area contributed by atoms with Crippen molar-refractivity contribution < 1.29 is 74.0 Å². The van der Waals surface area contributed by atoms with Gasteiger partial charge in [0.15, 0.2) is 18.9 Å². The summed E-state index contributed by atoms with van der Waals surface area (Å²) in [6, 6.07) is 0. The highest BCUT2D eigenvalue weighted by Crippen LogP contribution is 2.70. The van der Waals surface area contributed by atoms with Gasteiger partial charge in [-0.05, 0) is 105 Å². The third kappa shape index (κ3) is 7.19. The van der Waals surface area contributed by atoms with Crippen LogP contribution in [-0.4, -0.2) is 165 Å². The van der Waals surface area contributed by atoms with Crippen molar-refractivity contribution in [2.24, 2.45) is 46.3 Å². The van der Waals surface area contributed by atoms with Gasteiger partial charge in [0.05, 0.1) is 31.5 Å². The molecule has 16 heteroatoms. The van der Waals surface area contributed by atoms with Gasteiger partial charge in [-0.3, -0.25) is 5.32 Å². The molecule has 1 spiro atoms. The summed E-state index contributed by atoms with van der Waals surface area (Å²) in [7, 11) is 0. The Labute approximate surface area is 352 Å². The van der Waals surface area contributed by atoms with Gasteiger partial charge in [0.1, 0.15) is 66.8 Å². The maximum atomic E-state index is 11.5. The van der Waals surface area contributed by atoms with Crippen LogP contribution in [0.5, 0.6) is 0 Å². The molecule has 0 radical (unpaired) electrons. The smallest absolute Gasteiger partial charge is 0.187 e. The molecule has 8 fully saturated rings. The number of aliphatic hydroxyl groups excluding tert-OH is 8. The van der Waals surface area contributed by atoms with Crippen LogP contribution in [0.3, 0.4) is 0 Å². The lowest BCUT2D eigenvalue weighted by Crippen LogP contribution is -2.66. The monoisotopic (exact) mass is 853 g/mol. The number of rotatable bonds is 7.